The maximum Gasteiger partial charge on any atom is 0.246 e. The lowest BCUT2D eigenvalue weighted by molar-refractivity contribution is -0.125. The summed E-state index contributed by atoms with van der Waals surface area (Å²) in [5.74, 6) is 9.96. The molecule has 5 heterocycles. The number of nitrogen functional groups attached to an aromatic ring is 1. The Bertz CT molecular complexity index is 1820. The SMILES string of the molecule is Cc1cccc(Oc2ccc(-c3c(C#C[C@@H]4[C@H]5CN(C(=O)/C=C/CN(C)C)C[C@@H]45)n(C4CCOC4)c4ncnc(N)c34)cc2)n1. The highest BCUT2D eigenvalue weighted by atomic mass is 16.5. The zero-order valence-corrected chi connectivity index (χ0v) is 25.8. The van der Waals surface area contributed by atoms with Gasteiger partial charge in [0.25, 0.3) is 0 Å². The molecule has 1 amide bonds. The highest BCUT2D eigenvalue weighted by Crippen LogP contribution is 2.51. The Morgan fingerprint density at radius 1 is 1.16 bits per heavy atom. The predicted molar refractivity (Wildman–Crippen MR) is 173 cm³/mol. The molecule has 4 atom stereocenters. The van der Waals surface area contributed by atoms with Crippen LogP contribution in [0.25, 0.3) is 22.2 Å². The highest BCUT2D eigenvalue weighted by molar-refractivity contribution is 6.03. The molecule has 0 radical (unpaired) electrons. The Morgan fingerprint density at radius 3 is 2.67 bits per heavy atom. The summed E-state index contributed by atoms with van der Waals surface area (Å²) in [6.07, 6.45) is 5.99. The van der Waals surface area contributed by atoms with Crippen LogP contribution in [0.1, 0.15) is 23.9 Å². The number of piperidine rings is 1. The summed E-state index contributed by atoms with van der Waals surface area (Å²) in [6.45, 7) is 5.45. The number of hydrogen-bond acceptors (Lipinski definition) is 8. The van der Waals surface area contributed by atoms with Gasteiger partial charge in [0.2, 0.25) is 11.8 Å². The molecule has 1 saturated carbocycles. The molecule has 3 aliphatic rings. The summed E-state index contributed by atoms with van der Waals surface area (Å²) >= 11 is 0. The number of carbonyl (C=O) groups excluding carboxylic acids is 1. The van der Waals surface area contributed by atoms with E-state index in [1.807, 2.05) is 79.4 Å². The molecule has 10 nitrogen and oxygen atoms in total. The van der Waals surface area contributed by atoms with Crippen molar-refractivity contribution >= 4 is 22.8 Å². The number of likely N-dealkylation sites (N-methyl/N-ethyl adjacent to an activating group) is 1. The smallest absolute Gasteiger partial charge is 0.246 e. The van der Waals surface area contributed by atoms with Crippen LogP contribution in [-0.4, -0.2) is 82.2 Å². The normalized spacial score (nSPS) is 22.2. The Balaban J connectivity index is 1.21. The van der Waals surface area contributed by atoms with Gasteiger partial charge < -0.3 is 29.6 Å². The van der Waals surface area contributed by atoms with Crippen molar-refractivity contribution in [3.8, 4) is 34.6 Å². The van der Waals surface area contributed by atoms with Crippen LogP contribution in [0, 0.1) is 36.5 Å². The van der Waals surface area contributed by atoms with Crippen molar-refractivity contribution < 1.29 is 14.3 Å². The standard InChI is InChI=1S/C35H37N7O3/c1-22-6-4-7-30(39-22)45-25-11-9-23(10-12-25)32-29(42(24-15-17-44-20-24)35-33(32)34(36)37-21-38-35)14-13-26-27-18-41(19-28(26)27)31(43)8-5-16-40(2)3/h4-12,21,24,26-28H,15-20H2,1-3H3,(H2,36,37,38)/b8-5+/t24?,26-,27-,28+. The molecule has 230 valence electrons. The number of nitrogens with two attached hydrogens (primary N) is 1. The van der Waals surface area contributed by atoms with E-state index in [2.05, 4.69) is 26.4 Å². The molecule has 3 aromatic heterocycles. The zero-order valence-electron chi connectivity index (χ0n) is 25.8. The van der Waals surface area contributed by atoms with Crippen molar-refractivity contribution in [2.24, 2.45) is 17.8 Å². The quantitative estimate of drug-likeness (QED) is 0.246. The van der Waals surface area contributed by atoms with E-state index in [0.29, 0.717) is 42.5 Å². The number of benzene rings is 1. The number of aromatic nitrogens is 4. The number of nitrogens with zero attached hydrogens (tertiary/aromatic N) is 6. The van der Waals surface area contributed by atoms with Crippen LogP contribution in [0.2, 0.25) is 0 Å². The molecule has 7 rings (SSSR count). The summed E-state index contributed by atoms with van der Waals surface area (Å²) < 4.78 is 14.0. The highest BCUT2D eigenvalue weighted by Gasteiger charge is 2.55. The van der Waals surface area contributed by atoms with Gasteiger partial charge in [0.05, 0.1) is 18.0 Å². The first-order valence-electron chi connectivity index (χ1n) is 15.4. The van der Waals surface area contributed by atoms with Gasteiger partial charge in [0, 0.05) is 55.6 Å². The van der Waals surface area contributed by atoms with Crippen LogP contribution in [0.5, 0.6) is 11.6 Å². The molecule has 2 aliphatic heterocycles. The number of fused-ring (bicyclic) bond motifs is 2. The van der Waals surface area contributed by atoms with Crippen LogP contribution in [0.15, 0.2) is 60.9 Å². The monoisotopic (exact) mass is 603 g/mol. The van der Waals surface area contributed by atoms with Gasteiger partial charge in [-0.05, 0) is 69.0 Å². The van der Waals surface area contributed by atoms with E-state index in [1.165, 1.54) is 6.33 Å². The van der Waals surface area contributed by atoms with E-state index in [4.69, 9.17) is 20.2 Å². The number of amides is 1. The Labute approximate surface area is 262 Å². The maximum absolute atomic E-state index is 12.7. The van der Waals surface area contributed by atoms with E-state index < -0.39 is 0 Å². The summed E-state index contributed by atoms with van der Waals surface area (Å²) in [4.78, 5) is 30.2. The average Bonchev–Trinajstić information content (AvgIpc) is 3.47. The molecule has 1 aromatic carbocycles. The fourth-order valence-electron chi connectivity index (χ4n) is 6.57. The van der Waals surface area contributed by atoms with E-state index >= 15 is 0 Å². The molecule has 4 aromatic rings. The van der Waals surface area contributed by atoms with E-state index in [0.717, 1.165) is 59.6 Å². The zero-order chi connectivity index (χ0) is 31.1. The second-order valence-electron chi connectivity index (χ2n) is 12.3. The van der Waals surface area contributed by atoms with Crippen molar-refractivity contribution in [3.63, 3.8) is 0 Å². The number of rotatable bonds is 7. The number of ether oxygens (including phenoxy) is 2. The third kappa shape index (κ3) is 5.77. The van der Waals surface area contributed by atoms with Gasteiger partial charge in [0.1, 0.15) is 29.2 Å². The summed E-state index contributed by atoms with van der Waals surface area (Å²) in [5, 5.41) is 0.792. The van der Waals surface area contributed by atoms with E-state index in [9.17, 15) is 4.79 Å². The molecule has 1 aliphatic carbocycles. The van der Waals surface area contributed by atoms with Crippen LogP contribution >= 0.6 is 0 Å². The molecule has 10 heteroatoms. The second-order valence-corrected chi connectivity index (χ2v) is 12.3. The molecule has 0 bridgehead atoms. The van der Waals surface area contributed by atoms with Gasteiger partial charge in [-0.3, -0.25) is 4.79 Å². The first-order valence-corrected chi connectivity index (χ1v) is 15.4. The number of pyridine rings is 1. The van der Waals surface area contributed by atoms with Crippen molar-refractivity contribution in [1.82, 2.24) is 29.3 Å². The van der Waals surface area contributed by atoms with Crippen LogP contribution < -0.4 is 10.5 Å². The van der Waals surface area contributed by atoms with Gasteiger partial charge in [-0.2, -0.15) is 0 Å². The van der Waals surface area contributed by atoms with Crippen LogP contribution in [0.4, 0.5) is 5.82 Å². The minimum Gasteiger partial charge on any atom is -0.439 e. The van der Waals surface area contributed by atoms with Crippen LogP contribution in [0.3, 0.4) is 0 Å². The van der Waals surface area contributed by atoms with Crippen molar-refractivity contribution in [1.29, 1.82) is 0 Å². The Kier molecular flexibility index (Phi) is 7.73. The first-order chi connectivity index (χ1) is 21.9. The molecule has 2 N–H and O–H groups in total. The van der Waals surface area contributed by atoms with Crippen molar-refractivity contribution in [2.75, 3.05) is 52.7 Å². The molecule has 45 heavy (non-hydrogen) atoms. The van der Waals surface area contributed by atoms with E-state index in [-0.39, 0.29) is 17.9 Å². The lowest BCUT2D eigenvalue weighted by Crippen LogP contribution is -2.30. The predicted octanol–water partition coefficient (Wildman–Crippen LogP) is 4.31. The molecule has 3 fully saturated rings. The van der Waals surface area contributed by atoms with E-state index in [1.54, 1.807) is 6.08 Å². The van der Waals surface area contributed by atoms with Gasteiger partial charge >= 0.3 is 0 Å². The molecule has 1 unspecified atom stereocenters. The van der Waals surface area contributed by atoms with Gasteiger partial charge in [-0.25, -0.2) is 15.0 Å². The number of hydrogen-bond donors (Lipinski definition) is 1. The average molecular weight is 604 g/mol. The molecular formula is C35H37N7O3. The van der Waals surface area contributed by atoms with Crippen LogP contribution in [-0.2, 0) is 9.53 Å². The lowest BCUT2D eigenvalue weighted by atomic mass is 10.0. The third-order valence-electron chi connectivity index (χ3n) is 8.91. The summed E-state index contributed by atoms with van der Waals surface area (Å²) in [5.41, 5.74) is 10.9. The number of likely N-dealkylation sites (tertiary alicyclic amines) is 1. The van der Waals surface area contributed by atoms with Crippen molar-refractivity contribution in [2.45, 2.75) is 19.4 Å². The third-order valence-corrected chi connectivity index (χ3v) is 8.91. The second kappa shape index (κ2) is 12.0. The number of carbonyl (C=O) groups is 1. The summed E-state index contributed by atoms with van der Waals surface area (Å²) in [6, 6.07) is 13.7. The molecule has 2 saturated heterocycles. The Hall–Kier alpha value is -4.72. The first kappa shape index (κ1) is 29.0. The molecular weight excluding hydrogens is 566 g/mol. The number of aryl methyl sites for hydroxylation is 1. The topological polar surface area (TPSA) is 112 Å². The fraction of sp³-hybridized carbons (Fsp3) is 0.371. The molecule has 0 spiro atoms. The minimum atomic E-state index is 0.0825. The van der Waals surface area contributed by atoms with Gasteiger partial charge in [-0.1, -0.05) is 30.2 Å². The maximum atomic E-state index is 12.7. The summed E-state index contributed by atoms with van der Waals surface area (Å²) in [7, 11) is 3.98. The van der Waals surface area contributed by atoms with Gasteiger partial charge in [-0.15, -0.1) is 0 Å². The fourth-order valence-corrected chi connectivity index (χ4v) is 6.57. The largest absolute Gasteiger partial charge is 0.439 e. The number of anilines is 1. The Morgan fingerprint density at radius 2 is 1.96 bits per heavy atom. The lowest BCUT2D eigenvalue weighted by Gasteiger charge is -2.17. The van der Waals surface area contributed by atoms with Crippen molar-refractivity contribution in [3.05, 3.63) is 72.3 Å². The minimum absolute atomic E-state index is 0.0825. The van der Waals surface area contributed by atoms with Gasteiger partial charge in [0.15, 0.2) is 0 Å².